The van der Waals surface area contributed by atoms with Gasteiger partial charge in [-0.15, -0.1) is 0 Å². The number of allylic oxidation sites excluding steroid dienone is 3. The van der Waals surface area contributed by atoms with Crippen LogP contribution in [0.5, 0.6) is 11.5 Å². The molecule has 2 aromatic rings. The van der Waals surface area contributed by atoms with Crippen LogP contribution in [-0.4, -0.2) is 76.9 Å². The number of ether oxygens (including phenoxy) is 1. The maximum absolute atomic E-state index is 13.2. The van der Waals surface area contributed by atoms with Crippen molar-refractivity contribution in [2.24, 2.45) is 4.99 Å². The third-order valence-electron chi connectivity index (χ3n) is 8.83. The number of phenols is 1. The fourth-order valence-corrected chi connectivity index (χ4v) is 6.07. The fourth-order valence-electron chi connectivity index (χ4n) is 6.07. The fraction of sp³-hybridized carbons (Fsp3) is 0.471. The molecule has 2 fully saturated rings. The number of benzene rings is 2. The summed E-state index contributed by atoms with van der Waals surface area (Å²) in [5.74, 6) is -0.218. The normalized spacial score (nSPS) is 19.3. The van der Waals surface area contributed by atoms with Gasteiger partial charge in [-0.2, -0.15) is 13.2 Å². The molecule has 2 saturated heterocycles. The monoisotopic (exact) mass is 657 g/mol. The van der Waals surface area contributed by atoms with Crippen LogP contribution in [0.15, 0.2) is 70.4 Å². The number of nitro benzene ring substituents is 1. The Morgan fingerprint density at radius 1 is 1.13 bits per heavy atom. The van der Waals surface area contributed by atoms with Crippen LogP contribution < -0.4 is 10.1 Å². The van der Waals surface area contributed by atoms with Crippen molar-refractivity contribution in [2.45, 2.75) is 71.1 Å². The summed E-state index contributed by atoms with van der Waals surface area (Å²) in [6.07, 6.45) is 1.28. The van der Waals surface area contributed by atoms with E-state index < -0.39 is 28.5 Å². The van der Waals surface area contributed by atoms with E-state index in [1.165, 1.54) is 30.3 Å². The first-order valence-corrected chi connectivity index (χ1v) is 15.8. The van der Waals surface area contributed by atoms with E-state index in [-0.39, 0.29) is 23.0 Å². The summed E-state index contributed by atoms with van der Waals surface area (Å²) in [5, 5.41) is 25.0. The lowest BCUT2D eigenvalue weighted by Crippen LogP contribution is -2.53. The van der Waals surface area contributed by atoms with E-state index in [4.69, 9.17) is 4.74 Å². The summed E-state index contributed by atoms with van der Waals surface area (Å²) in [4.78, 5) is 31.5. The number of hydrogen-bond acceptors (Lipinski definition) is 8. The number of carbonyl (C=O) groups is 1. The Morgan fingerprint density at radius 2 is 1.81 bits per heavy atom. The largest absolute Gasteiger partial charge is 0.507 e. The van der Waals surface area contributed by atoms with Crippen LogP contribution in [0.4, 0.5) is 23.7 Å². The van der Waals surface area contributed by atoms with Crippen LogP contribution in [0.2, 0.25) is 0 Å². The molecule has 1 amide bonds. The average molecular weight is 658 g/mol. The molecular weight excluding hydrogens is 615 g/mol. The topological polar surface area (TPSA) is 121 Å². The predicted molar refractivity (Wildman–Crippen MR) is 174 cm³/mol. The lowest BCUT2D eigenvalue weighted by atomic mass is 9.96. The molecule has 13 heteroatoms. The Morgan fingerprint density at radius 3 is 2.38 bits per heavy atom. The number of halogens is 3. The van der Waals surface area contributed by atoms with Crippen molar-refractivity contribution in [3.8, 4) is 11.5 Å². The summed E-state index contributed by atoms with van der Waals surface area (Å²) in [7, 11) is 1.55. The highest BCUT2D eigenvalue weighted by molar-refractivity contribution is 6.14. The highest BCUT2D eigenvalue weighted by Gasteiger charge is 2.32. The minimum Gasteiger partial charge on any atom is -0.507 e. The standard InChI is InChI=1S/C34H42F3N5O5/c1-5-22(2)30(19-23(3)32(38-4)29-13-8-24(20-31(29)43)34(35,36)37)39-25-7-6-16-41(21-25)26-14-17-40(18-15-26)33(44)47-28-11-9-27(10-12-28)42(45)46/h8-13,19-20,25-26,39,43H,5-7,14-18,21H2,1-4H3/b23-19-,30-22-,38-32+. The van der Waals surface area contributed by atoms with Gasteiger partial charge in [0.05, 0.1) is 16.2 Å². The molecule has 0 radical (unpaired) electrons. The molecule has 2 heterocycles. The van der Waals surface area contributed by atoms with E-state index in [9.17, 15) is 33.2 Å². The minimum absolute atomic E-state index is 0.0726. The number of carbonyl (C=O) groups excluding carboxylic acids is 1. The highest BCUT2D eigenvalue weighted by Crippen LogP contribution is 2.34. The Bertz CT molecular complexity index is 1530. The van der Waals surface area contributed by atoms with Crippen LogP contribution in [0.25, 0.3) is 0 Å². The van der Waals surface area contributed by atoms with Gasteiger partial charge in [-0.1, -0.05) is 12.5 Å². The van der Waals surface area contributed by atoms with Gasteiger partial charge in [0.1, 0.15) is 11.5 Å². The van der Waals surface area contributed by atoms with Gasteiger partial charge in [0.15, 0.2) is 0 Å². The van der Waals surface area contributed by atoms with Gasteiger partial charge in [0.25, 0.3) is 5.69 Å². The van der Waals surface area contributed by atoms with Crippen molar-refractivity contribution in [3.05, 3.63) is 86.6 Å². The number of phenolic OH excluding ortho intramolecular Hbond substituents is 1. The smallest absolute Gasteiger partial charge is 0.416 e. The maximum Gasteiger partial charge on any atom is 0.416 e. The van der Waals surface area contributed by atoms with Crippen LogP contribution >= 0.6 is 0 Å². The van der Waals surface area contributed by atoms with E-state index in [0.717, 1.165) is 68.6 Å². The minimum atomic E-state index is -4.56. The van der Waals surface area contributed by atoms with Crippen molar-refractivity contribution in [1.29, 1.82) is 0 Å². The van der Waals surface area contributed by atoms with Gasteiger partial charge in [-0.3, -0.25) is 20.0 Å². The van der Waals surface area contributed by atoms with Crippen molar-refractivity contribution < 1.29 is 32.7 Å². The van der Waals surface area contributed by atoms with Gasteiger partial charge < -0.3 is 20.1 Å². The molecule has 4 rings (SSSR count). The molecule has 10 nitrogen and oxygen atoms in total. The van der Waals surface area contributed by atoms with Crippen LogP contribution in [0.1, 0.15) is 64.0 Å². The number of nitrogens with one attached hydrogen (secondary N) is 1. The number of nitrogens with zero attached hydrogens (tertiary/aromatic N) is 4. The van der Waals surface area contributed by atoms with Gasteiger partial charge in [-0.25, -0.2) is 4.79 Å². The molecule has 0 saturated carbocycles. The number of non-ortho nitro benzene ring substituents is 1. The molecule has 2 aliphatic rings. The summed E-state index contributed by atoms with van der Waals surface area (Å²) < 4.78 is 44.9. The summed E-state index contributed by atoms with van der Waals surface area (Å²) >= 11 is 0. The summed E-state index contributed by atoms with van der Waals surface area (Å²) in [5.41, 5.74) is 2.39. The number of nitro groups is 1. The second-order valence-electron chi connectivity index (χ2n) is 12.0. The van der Waals surface area contributed by atoms with Crippen molar-refractivity contribution in [2.75, 3.05) is 33.2 Å². The second kappa shape index (κ2) is 15.5. The molecule has 2 aromatic carbocycles. The number of amides is 1. The third kappa shape index (κ3) is 9.12. The Balaban J connectivity index is 1.37. The zero-order chi connectivity index (χ0) is 34.3. The molecule has 1 atom stereocenters. The summed E-state index contributed by atoms with van der Waals surface area (Å²) in [6.45, 7) is 8.79. The quantitative estimate of drug-likeness (QED) is 0.128. The number of piperidine rings is 2. The zero-order valence-corrected chi connectivity index (χ0v) is 27.1. The van der Waals surface area contributed by atoms with Gasteiger partial charge in [0, 0.05) is 62.2 Å². The van der Waals surface area contributed by atoms with E-state index in [1.807, 2.05) is 19.9 Å². The van der Waals surface area contributed by atoms with E-state index in [1.54, 1.807) is 11.9 Å². The van der Waals surface area contributed by atoms with Crippen molar-refractivity contribution in [1.82, 2.24) is 15.1 Å². The number of hydrogen-bond donors (Lipinski definition) is 2. The van der Waals surface area contributed by atoms with E-state index in [2.05, 4.69) is 22.1 Å². The lowest BCUT2D eigenvalue weighted by Gasteiger charge is -2.42. The Labute approximate surface area is 272 Å². The highest BCUT2D eigenvalue weighted by atomic mass is 19.4. The molecule has 254 valence electrons. The molecule has 0 bridgehead atoms. The lowest BCUT2D eigenvalue weighted by molar-refractivity contribution is -0.384. The van der Waals surface area contributed by atoms with Crippen molar-refractivity contribution >= 4 is 17.5 Å². The van der Waals surface area contributed by atoms with Crippen LogP contribution in [-0.2, 0) is 6.18 Å². The first-order chi connectivity index (χ1) is 22.3. The van der Waals surface area contributed by atoms with E-state index in [0.29, 0.717) is 30.4 Å². The first kappa shape index (κ1) is 35.5. The molecule has 0 aromatic heterocycles. The van der Waals surface area contributed by atoms with Crippen LogP contribution in [0, 0.1) is 10.1 Å². The number of likely N-dealkylation sites (tertiary alicyclic amines) is 2. The molecule has 1 unspecified atom stereocenters. The van der Waals surface area contributed by atoms with Gasteiger partial charge in [-0.05, 0) is 94.5 Å². The zero-order valence-electron chi connectivity index (χ0n) is 27.1. The van der Waals surface area contributed by atoms with Crippen molar-refractivity contribution in [3.63, 3.8) is 0 Å². The Hall–Kier alpha value is -4.39. The molecule has 0 aliphatic carbocycles. The average Bonchev–Trinajstić information content (AvgIpc) is 3.05. The summed E-state index contributed by atoms with van der Waals surface area (Å²) in [6, 6.07) is 8.83. The third-order valence-corrected chi connectivity index (χ3v) is 8.83. The first-order valence-electron chi connectivity index (χ1n) is 15.8. The number of rotatable bonds is 9. The maximum atomic E-state index is 13.2. The molecule has 47 heavy (non-hydrogen) atoms. The number of alkyl halides is 3. The molecule has 2 N–H and O–H groups in total. The number of aliphatic imine (C=N–C) groups is 1. The molecule has 2 aliphatic heterocycles. The van der Waals surface area contributed by atoms with Crippen LogP contribution in [0.3, 0.4) is 0 Å². The second-order valence-corrected chi connectivity index (χ2v) is 12.0. The van der Waals surface area contributed by atoms with E-state index >= 15 is 0 Å². The Kier molecular flexibility index (Phi) is 11.7. The predicted octanol–water partition coefficient (Wildman–Crippen LogP) is 7.09. The van der Waals surface area contributed by atoms with Gasteiger partial charge in [0.2, 0.25) is 0 Å². The molecule has 0 spiro atoms. The molecular formula is C34H42F3N5O5. The van der Waals surface area contributed by atoms with Gasteiger partial charge >= 0.3 is 12.3 Å². The SMILES string of the molecule is CC/C(C)=C(/C=C(C)\C(=N/C)c1ccc(C(F)(F)F)cc1O)NC1CCCN(C2CCN(C(=O)Oc3ccc([N+](=O)[O-])cc3)CC2)C1. The number of aromatic hydroxyl groups is 1.